The molecule has 0 saturated carbocycles. The Morgan fingerprint density at radius 1 is 1.17 bits per heavy atom. The van der Waals surface area contributed by atoms with E-state index in [0.29, 0.717) is 12.8 Å². The summed E-state index contributed by atoms with van der Waals surface area (Å²) in [4.78, 5) is -0.379. The van der Waals surface area contributed by atoms with Crippen molar-refractivity contribution in [2.75, 3.05) is 5.75 Å². The van der Waals surface area contributed by atoms with E-state index in [1.165, 1.54) is 0 Å². The van der Waals surface area contributed by atoms with Crippen molar-refractivity contribution in [2.45, 2.75) is 30.5 Å². The van der Waals surface area contributed by atoms with Crippen molar-refractivity contribution in [3.05, 3.63) is 0 Å². The van der Waals surface area contributed by atoms with Crippen molar-refractivity contribution in [2.24, 2.45) is 0 Å². The highest BCUT2D eigenvalue weighted by Gasteiger charge is 2.04. The second kappa shape index (κ2) is 6.02. The van der Waals surface area contributed by atoms with E-state index >= 15 is 0 Å². The summed E-state index contributed by atoms with van der Waals surface area (Å²) >= 11 is 10.9. The van der Waals surface area contributed by atoms with Crippen LogP contribution >= 0.6 is 23.2 Å². The third-order valence-corrected chi connectivity index (χ3v) is 2.57. The van der Waals surface area contributed by atoms with Gasteiger partial charge >= 0.3 is 0 Å². The van der Waals surface area contributed by atoms with Crippen LogP contribution in [0.5, 0.6) is 0 Å². The Kier molecular flexibility index (Phi) is 6.27. The van der Waals surface area contributed by atoms with Gasteiger partial charge in [-0.3, -0.25) is 4.55 Å². The van der Waals surface area contributed by atoms with Gasteiger partial charge in [0, 0.05) is 0 Å². The number of hydrogen-bond acceptors (Lipinski definition) is 2. The van der Waals surface area contributed by atoms with E-state index in [9.17, 15) is 8.42 Å². The maximum Gasteiger partial charge on any atom is 0.264 e. The van der Waals surface area contributed by atoms with Gasteiger partial charge in [-0.2, -0.15) is 8.42 Å². The molecule has 3 nitrogen and oxygen atoms in total. The highest BCUT2D eigenvalue weighted by molar-refractivity contribution is 7.85. The monoisotopic (exact) mass is 234 g/mol. The zero-order valence-electron chi connectivity index (χ0n) is 6.54. The van der Waals surface area contributed by atoms with Crippen LogP contribution in [-0.2, 0) is 10.1 Å². The molecule has 0 bridgehead atoms. The van der Waals surface area contributed by atoms with Crippen LogP contribution in [-0.4, -0.2) is 23.6 Å². The van der Waals surface area contributed by atoms with Crippen molar-refractivity contribution in [3.8, 4) is 0 Å². The molecular weight excluding hydrogens is 223 g/mol. The predicted molar refractivity (Wildman–Crippen MR) is 50.4 cm³/mol. The summed E-state index contributed by atoms with van der Waals surface area (Å²) in [5, 5.41) is 0. The standard InChI is InChI=1S/C6H12Cl2O3S/c7-6(8)4-2-1-3-5-12(9,10)11/h6H,1-5H2,(H,9,10,11). The number of rotatable bonds is 6. The third kappa shape index (κ3) is 10.5. The molecule has 1 N–H and O–H groups in total. The van der Waals surface area contributed by atoms with Crippen molar-refractivity contribution in [3.63, 3.8) is 0 Å². The number of unbranched alkanes of at least 4 members (excludes halogenated alkanes) is 2. The van der Waals surface area contributed by atoms with E-state index in [-0.39, 0.29) is 10.6 Å². The topological polar surface area (TPSA) is 54.4 Å². The summed E-state index contributed by atoms with van der Waals surface area (Å²) in [6.07, 6.45) is 2.62. The van der Waals surface area contributed by atoms with Gasteiger partial charge in [0.05, 0.1) is 5.75 Å². The van der Waals surface area contributed by atoms with E-state index in [2.05, 4.69) is 0 Å². The molecule has 0 aliphatic carbocycles. The smallest absolute Gasteiger partial charge is 0.264 e. The lowest BCUT2D eigenvalue weighted by atomic mass is 10.2. The van der Waals surface area contributed by atoms with Crippen LogP contribution in [0.2, 0.25) is 0 Å². The van der Waals surface area contributed by atoms with Crippen molar-refractivity contribution in [1.82, 2.24) is 0 Å². The molecule has 0 spiro atoms. The average molecular weight is 235 g/mol. The minimum Gasteiger partial charge on any atom is -0.286 e. The molecular formula is C6H12Cl2O3S. The largest absolute Gasteiger partial charge is 0.286 e. The molecule has 0 aromatic heterocycles. The van der Waals surface area contributed by atoms with Gasteiger partial charge in [0.25, 0.3) is 10.1 Å². The molecule has 6 heteroatoms. The van der Waals surface area contributed by atoms with E-state index in [1.54, 1.807) is 0 Å². The Bertz CT molecular complexity index is 201. The predicted octanol–water partition coefficient (Wildman–Crippen LogP) is 2.24. The van der Waals surface area contributed by atoms with E-state index < -0.39 is 10.1 Å². The lowest BCUT2D eigenvalue weighted by molar-refractivity contribution is 0.479. The van der Waals surface area contributed by atoms with Crippen LogP contribution in [0.3, 0.4) is 0 Å². The fourth-order valence-corrected chi connectivity index (χ4v) is 1.64. The van der Waals surface area contributed by atoms with Crippen LogP contribution in [0.4, 0.5) is 0 Å². The first-order valence-corrected chi connectivity index (χ1v) is 6.13. The Morgan fingerprint density at radius 2 is 1.75 bits per heavy atom. The fourth-order valence-electron chi connectivity index (χ4n) is 0.760. The Balaban J connectivity index is 3.23. The van der Waals surface area contributed by atoms with Gasteiger partial charge in [-0.1, -0.05) is 12.8 Å². The molecule has 0 saturated heterocycles. The lowest BCUT2D eigenvalue weighted by Crippen LogP contribution is -2.03. The molecule has 0 heterocycles. The molecule has 0 aliphatic heterocycles. The van der Waals surface area contributed by atoms with Crippen LogP contribution in [0.1, 0.15) is 25.7 Å². The SMILES string of the molecule is O=S(=O)(O)CCCCCC(Cl)Cl. The molecule has 74 valence electrons. The number of alkyl halides is 2. The Labute approximate surface area is 82.8 Å². The maximum absolute atomic E-state index is 10.2. The van der Waals surface area contributed by atoms with Crippen molar-refractivity contribution >= 4 is 33.3 Å². The van der Waals surface area contributed by atoms with Gasteiger partial charge in [0.1, 0.15) is 4.84 Å². The molecule has 0 amide bonds. The summed E-state index contributed by atoms with van der Waals surface area (Å²) in [6.45, 7) is 0. The highest BCUT2D eigenvalue weighted by atomic mass is 35.5. The summed E-state index contributed by atoms with van der Waals surface area (Å²) in [5.41, 5.74) is 0. The summed E-state index contributed by atoms with van der Waals surface area (Å²) in [5.74, 6) is -0.178. The van der Waals surface area contributed by atoms with E-state index in [1.807, 2.05) is 0 Å². The van der Waals surface area contributed by atoms with Gasteiger partial charge in [0.2, 0.25) is 0 Å². The van der Waals surface area contributed by atoms with Crippen LogP contribution in [0.15, 0.2) is 0 Å². The molecule has 0 aliphatic rings. The minimum atomic E-state index is -3.79. The molecule has 0 atom stereocenters. The number of halogens is 2. The van der Waals surface area contributed by atoms with Crippen LogP contribution in [0, 0.1) is 0 Å². The molecule has 0 aromatic rings. The first kappa shape index (κ1) is 12.5. The lowest BCUT2D eigenvalue weighted by Gasteiger charge is -1.99. The average Bonchev–Trinajstić information content (AvgIpc) is 1.83. The molecule has 0 rings (SSSR count). The maximum atomic E-state index is 10.2. The summed E-state index contributed by atoms with van der Waals surface area (Å²) in [6, 6.07) is 0. The first-order valence-electron chi connectivity index (χ1n) is 3.65. The van der Waals surface area contributed by atoms with Gasteiger partial charge in [-0.05, 0) is 12.8 Å². The molecule has 0 unspecified atom stereocenters. The zero-order valence-corrected chi connectivity index (χ0v) is 8.87. The molecule has 12 heavy (non-hydrogen) atoms. The van der Waals surface area contributed by atoms with E-state index in [4.69, 9.17) is 27.8 Å². The Morgan fingerprint density at radius 3 is 2.17 bits per heavy atom. The van der Waals surface area contributed by atoms with Gasteiger partial charge in [0.15, 0.2) is 0 Å². The minimum absolute atomic E-state index is 0.178. The third-order valence-electron chi connectivity index (χ3n) is 1.32. The van der Waals surface area contributed by atoms with Gasteiger partial charge in [-0.15, -0.1) is 23.2 Å². The summed E-state index contributed by atoms with van der Waals surface area (Å²) in [7, 11) is -3.79. The fraction of sp³-hybridized carbons (Fsp3) is 1.00. The first-order chi connectivity index (χ1) is 5.42. The van der Waals surface area contributed by atoms with Crippen molar-refractivity contribution in [1.29, 1.82) is 0 Å². The highest BCUT2D eigenvalue weighted by Crippen LogP contribution is 2.12. The van der Waals surface area contributed by atoms with Crippen molar-refractivity contribution < 1.29 is 13.0 Å². The van der Waals surface area contributed by atoms with E-state index in [0.717, 1.165) is 12.8 Å². The second-order valence-electron chi connectivity index (χ2n) is 2.53. The quantitative estimate of drug-likeness (QED) is 0.436. The zero-order chi connectivity index (χ0) is 9.61. The molecule has 0 fully saturated rings. The second-order valence-corrected chi connectivity index (χ2v) is 5.38. The van der Waals surface area contributed by atoms with Crippen LogP contribution in [0.25, 0.3) is 0 Å². The normalized spacial score (nSPS) is 12.3. The Hall–Kier alpha value is 0.490. The summed E-state index contributed by atoms with van der Waals surface area (Å²) < 4.78 is 28.8. The van der Waals surface area contributed by atoms with Gasteiger partial charge in [-0.25, -0.2) is 0 Å². The van der Waals surface area contributed by atoms with Gasteiger partial charge < -0.3 is 0 Å². The number of hydrogen-bond donors (Lipinski definition) is 1. The van der Waals surface area contributed by atoms with Crippen LogP contribution < -0.4 is 0 Å². The molecule has 0 radical (unpaired) electrons. The molecule has 0 aromatic carbocycles.